The number of benzene rings is 1. The molecule has 13 nitrogen and oxygen atoms in total. The summed E-state index contributed by atoms with van der Waals surface area (Å²) in [4.78, 5) is 54.4. The number of nitrogens with zero attached hydrogens (tertiary/aromatic N) is 3. The Bertz CT molecular complexity index is 969. The van der Waals surface area contributed by atoms with Gasteiger partial charge in [-0.25, -0.2) is 4.79 Å². The van der Waals surface area contributed by atoms with Gasteiger partial charge in [0.05, 0.1) is 32.2 Å². The number of nitrogens with two attached hydrogens (primary N) is 1. The van der Waals surface area contributed by atoms with Gasteiger partial charge in [0.15, 0.2) is 0 Å². The standard InChI is InChI=1S/C27H42N6O7.ClH/c1-3-5-12-33(13-11-25(35)38-4-2)26(36)23(31-27(37)40-19-21-9-7-6-8-10-21)16-24(34)29-17-22-18-32(20-30-28)14-15-39-22;/h6-10,20,22-23H,3-5,11-19,28H2,1-2H3,(H,29,34)(H,31,37);1H/t22-,23?;/m0./s1. The number of halogens is 1. The number of esters is 1. The van der Waals surface area contributed by atoms with Crippen LogP contribution in [0.25, 0.3) is 0 Å². The molecule has 0 spiro atoms. The average molecular weight is 599 g/mol. The zero-order valence-electron chi connectivity index (χ0n) is 23.8. The molecule has 3 amide bonds. The van der Waals surface area contributed by atoms with Crippen molar-refractivity contribution in [2.24, 2.45) is 10.9 Å². The van der Waals surface area contributed by atoms with Crippen LogP contribution in [0.5, 0.6) is 0 Å². The van der Waals surface area contributed by atoms with Crippen molar-refractivity contribution < 1.29 is 33.4 Å². The number of alkyl carbamates (subject to hydrolysis) is 1. The number of morpholine rings is 1. The predicted octanol–water partition coefficient (Wildman–Crippen LogP) is 1.39. The molecule has 1 fully saturated rings. The molecule has 14 heteroatoms. The Balaban J connectivity index is 0.00000840. The Labute approximate surface area is 247 Å². The lowest BCUT2D eigenvalue weighted by Gasteiger charge is -2.31. The number of hydrazone groups is 1. The molecule has 4 N–H and O–H groups in total. The number of hydrogen-bond acceptors (Lipinski definition) is 9. The molecule has 0 bridgehead atoms. The van der Waals surface area contributed by atoms with Gasteiger partial charge in [-0.3, -0.25) is 14.4 Å². The molecule has 1 saturated heterocycles. The first-order valence-corrected chi connectivity index (χ1v) is 13.6. The lowest BCUT2D eigenvalue weighted by Crippen LogP contribution is -2.52. The second-order valence-electron chi connectivity index (χ2n) is 9.25. The summed E-state index contributed by atoms with van der Waals surface area (Å²) in [6.45, 7) is 6.18. The van der Waals surface area contributed by atoms with Gasteiger partial charge in [-0.15, -0.1) is 12.4 Å². The van der Waals surface area contributed by atoms with Gasteiger partial charge >= 0.3 is 12.1 Å². The van der Waals surface area contributed by atoms with Gasteiger partial charge in [-0.1, -0.05) is 43.7 Å². The van der Waals surface area contributed by atoms with Crippen molar-refractivity contribution in [1.29, 1.82) is 0 Å². The van der Waals surface area contributed by atoms with Crippen molar-refractivity contribution >= 4 is 42.6 Å². The second-order valence-corrected chi connectivity index (χ2v) is 9.25. The van der Waals surface area contributed by atoms with Crippen molar-refractivity contribution in [3.05, 3.63) is 35.9 Å². The number of carbonyl (C=O) groups is 4. The molecule has 1 aliphatic heterocycles. The number of ether oxygens (including phenoxy) is 3. The van der Waals surface area contributed by atoms with Gasteiger partial charge in [0.1, 0.15) is 19.0 Å². The van der Waals surface area contributed by atoms with E-state index >= 15 is 0 Å². The Hall–Kier alpha value is -3.58. The van der Waals surface area contributed by atoms with Crippen molar-refractivity contribution in [1.82, 2.24) is 20.4 Å². The van der Waals surface area contributed by atoms with Gasteiger partial charge in [0, 0.05) is 32.7 Å². The number of carbonyl (C=O) groups excluding carboxylic acids is 4. The molecular weight excluding hydrogens is 556 g/mol. The van der Waals surface area contributed by atoms with Crippen LogP contribution in [0.4, 0.5) is 4.79 Å². The summed E-state index contributed by atoms with van der Waals surface area (Å²) in [5.74, 6) is 3.86. The molecule has 2 atom stereocenters. The largest absolute Gasteiger partial charge is 0.466 e. The molecule has 0 saturated carbocycles. The third kappa shape index (κ3) is 14.0. The van der Waals surface area contributed by atoms with Crippen molar-refractivity contribution in [3.8, 4) is 0 Å². The highest BCUT2D eigenvalue weighted by molar-refractivity contribution is 5.91. The first kappa shape index (κ1) is 35.4. The SMILES string of the molecule is CCCCN(CCC(=O)OCC)C(=O)C(CC(=O)NC[C@H]1CN(C=NN)CCO1)NC(=O)OCc1ccccc1.Cl. The van der Waals surface area contributed by atoms with Crippen LogP contribution in [-0.2, 0) is 35.2 Å². The molecule has 41 heavy (non-hydrogen) atoms. The summed E-state index contributed by atoms with van der Waals surface area (Å²) in [6.07, 6.45) is 1.58. The predicted molar refractivity (Wildman–Crippen MR) is 155 cm³/mol. The highest BCUT2D eigenvalue weighted by Crippen LogP contribution is 2.08. The summed E-state index contributed by atoms with van der Waals surface area (Å²) in [7, 11) is 0. The van der Waals surface area contributed by atoms with E-state index in [-0.39, 0.29) is 57.7 Å². The summed E-state index contributed by atoms with van der Waals surface area (Å²) in [6, 6.07) is 7.90. The van der Waals surface area contributed by atoms with E-state index in [1.165, 1.54) is 11.2 Å². The fraction of sp³-hybridized carbons (Fsp3) is 0.593. The van der Waals surface area contributed by atoms with Gasteiger partial charge in [0.25, 0.3) is 0 Å². The van der Waals surface area contributed by atoms with E-state index in [1.54, 1.807) is 19.1 Å². The summed E-state index contributed by atoms with van der Waals surface area (Å²) >= 11 is 0. The third-order valence-corrected chi connectivity index (χ3v) is 6.10. The fourth-order valence-corrected chi connectivity index (χ4v) is 4.02. The van der Waals surface area contributed by atoms with Crippen LogP contribution in [0.2, 0.25) is 0 Å². The summed E-state index contributed by atoms with van der Waals surface area (Å²) in [5, 5.41) is 8.84. The minimum atomic E-state index is -1.20. The Morgan fingerprint density at radius 3 is 2.63 bits per heavy atom. The average Bonchev–Trinajstić information content (AvgIpc) is 2.95. The zero-order valence-corrected chi connectivity index (χ0v) is 24.6. The second kappa shape index (κ2) is 20.3. The minimum Gasteiger partial charge on any atom is -0.466 e. The normalized spacial score (nSPS) is 15.4. The maximum absolute atomic E-state index is 13.6. The molecule has 0 aromatic heterocycles. The van der Waals surface area contributed by atoms with Crippen molar-refractivity contribution in [2.75, 3.05) is 45.9 Å². The Morgan fingerprint density at radius 2 is 1.95 bits per heavy atom. The molecule has 1 aliphatic rings. The maximum atomic E-state index is 13.6. The molecule has 230 valence electrons. The maximum Gasteiger partial charge on any atom is 0.408 e. The Morgan fingerprint density at radius 1 is 1.20 bits per heavy atom. The van der Waals surface area contributed by atoms with Gasteiger partial charge in [-0.2, -0.15) is 5.10 Å². The van der Waals surface area contributed by atoms with Crippen LogP contribution >= 0.6 is 12.4 Å². The van der Waals surface area contributed by atoms with E-state index in [1.807, 2.05) is 30.0 Å². The highest BCUT2D eigenvalue weighted by atomic mass is 35.5. The number of unbranched alkanes of at least 4 members (excludes halogenated alkanes) is 1. The Kier molecular flexibility index (Phi) is 17.6. The molecule has 2 rings (SSSR count). The van der Waals surface area contributed by atoms with Crippen molar-refractivity contribution in [3.63, 3.8) is 0 Å². The van der Waals surface area contributed by atoms with Crippen LogP contribution in [0.3, 0.4) is 0 Å². The van der Waals surface area contributed by atoms with Crippen LogP contribution in [0, 0.1) is 0 Å². The van der Waals surface area contributed by atoms with Gasteiger partial charge < -0.3 is 40.5 Å². The highest BCUT2D eigenvalue weighted by Gasteiger charge is 2.30. The monoisotopic (exact) mass is 598 g/mol. The van der Waals surface area contributed by atoms with Crippen LogP contribution < -0.4 is 16.5 Å². The molecule has 1 heterocycles. The minimum absolute atomic E-state index is 0. The summed E-state index contributed by atoms with van der Waals surface area (Å²) < 4.78 is 16.0. The smallest absolute Gasteiger partial charge is 0.408 e. The third-order valence-electron chi connectivity index (χ3n) is 6.10. The van der Waals surface area contributed by atoms with Gasteiger partial charge in [-0.05, 0) is 18.9 Å². The number of rotatable bonds is 16. The lowest BCUT2D eigenvalue weighted by molar-refractivity contribution is -0.144. The van der Waals surface area contributed by atoms with E-state index < -0.39 is 29.9 Å². The molecule has 1 unspecified atom stereocenters. The lowest BCUT2D eigenvalue weighted by atomic mass is 10.1. The topological polar surface area (TPSA) is 165 Å². The number of nitrogens with one attached hydrogen (secondary N) is 2. The van der Waals surface area contributed by atoms with Crippen LogP contribution in [-0.4, -0.2) is 98.1 Å². The van der Waals surface area contributed by atoms with Crippen LogP contribution in [0.1, 0.15) is 45.1 Å². The molecule has 1 aromatic rings. The number of amides is 3. The zero-order chi connectivity index (χ0) is 29.2. The van der Waals surface area contributed by atoms with E-state index in [2.05, 4.69) is 15.7 Å². The first-order valence-electron chi connectivity index (χ1n) is 13.6. The van der Waals surface area contributed by atoms with E-state index in [0.29, 0.717) is 32.7 Å². The van der Waals surface area contributed by atoms with Crippen molar-refractivity contribution in [2.45, 2.75) is 58.3 Å². The molecule has 0 aliphatic carbocycles. The van der Waals surface area contributed by atoms with Crippen LogP contribution in [0.15, 0.2) is 35.4 Å². The van der Waals surface area contributed by atoms with E-state index in [0.717, 1.165) is 12.0 Å². The summed E-state index contributed by atoms with van der Waals surface area (Å²) in [5.41, 5.74) is 0.776. The number of hydrogen-bond donors (Lipinski definition) is 3. The molecule has 1 aromatic carbocycles. The van der Waals surface area contributed by atoms with E-state index in [9.17, 15) is 19.2 Å². The quantitative estimate of drug-likeness (QED) is 0.0838. The molecular formula is C27H43ClN6O7. The van der Waals surface area contributed by atoms with Gasteiger partial charge in [0.2, 0.25) is 11.8 Å². The fourth-order valence-electron chi connectivity index (χ4n) is 4.02. The van der Waals surface area contributed by atoms with E-state index in [4.69, 9.17) is 20.1 Å². The molecule has 0 radical (unpaired) electrons. The first-order chi connectivity index (χ1) is 19.4.